The molecule has 88 valence electrons. The van der Waals surface area contributed by atoms with E-state index in [1.165, 1.54) is 0 Å². The van der Waals surface area contributed by atoms with Gasteiger partial charge in [-0.15, -0.1) is 0 Å². The lowest BCUT2D eigenvalue weighted by molar-refractivity contribution is -0.131. The van der Waals surface area contributed by atoms with Crippen molar-refractivity contribution >= 4 is 17.7 Å². The molecule has 1 heterocycles. The van der Waals surface area contributed by atoms with Crippen LogP contribution in [0.25, 0.3) is 0 Å². The van der Waals surface area contributed by atoms with E-state index >= 15 is 0 Å². The maximum Gasteiger partial charge on any atom is 0.236 e. The fourth-order valence-electron chi connectivity index (χ4n) is 1.54. The standard InChI is InChI=1S/C10H21N3OS/c1-12-4-6-13(7-5-12)10(14)9-11-3-8-15-2/h11H,3-9H2,1-2H3. The summed E-state index contributed by atoms with van der Waals surface area (Å²) in [7, 11) is 2.10. The van der Waals surface area contributed by atoms with Crippen LogP contribution in [0, 0.1) is 0 Å². The lowest BCUT2D eigenvalue weighted by Gasteiger charge is -2.32. The third kappa shape index (κ3) is 4.86. The highest BCUT2D eigenvalue weighted by molar-refractivity contribution is 7.98. The van der Waals surface area contributed by atoms with Crippen LogP contribution in [0.4, 0.5) is 0 Å². The van der Waals surface area contributed by atoms with Crippen molar-refractivity contribution in [1.82, 2.24) is 15.1 Å². The number of nitrogens with zero attached hydrogens (tertiary/aromatic N) is 2. The van der Waals surface area contributed by atoms with Crippen LogP contribution in [0.3, 0.4) is 0 Å². The molecule has 0 aromatic rings. The van der Waals surface area contributed by atoms with Gasteiger partial charge < -0.3 is 15.1 Å². The maximum absolute atomic E-state index is 11.7. The van der Waals surface area contributed by atoms with Crippen LogP contribution in [0.1, 0.15) is 0 Å². The summed E-state index contributed by atoms with van der Waals surface area (Å²) in [5.41, 5.74) is 0. The second-order valence-electron chi connectivity index (χ2n) is 3.85. The third-order valence-corrected chi connectivity index (χ3v) is 3.23. The van der Waals surface area contributed by atoms with Crippen LogP contribution >= 0.6 is 11.8 Å². The molecule has 0 unspecified atom stereocenters. The number of carbonyl (C=O) groups is 1. The van der Waals surface area contributed by atoms with Gasteiger partial charge in [-0.2, -0.15) is 11.8 Å². The Hall–Kier alpha value is -0.260. The molecule has 1 fully saturated rings. The van der Waals surface area contributed by atoms with E-state index in [0.717, 1.165) is 38.5 Å². The summed E-state index contributed by atoms with van der Waals surface area (Å²) < 4.78 is 0. The number of rotatable bonds is 5. The van der Waals surface area contributed by atoms with Gasteiger partial charge in [-0.1, -0.05) is 0 Å². The minimum absolute atomic E-state index is 0.240. The van der Waals surface area contributed by atoms with Crippen molar-refractivity contribution in [2.24, 2.45) is 0 Å². The number of nitrogens with one attached hydrogen (secondary N) is 1. The van der Waals surface area contributed by atoms with Crippen molar-refractivity contribution in [1.29, 1.82) is 0 Å². The molecule has 0 bridgehead atoms. The average molecular weight is 231 g/mol. The van der Waals surface area contributed by atoms with E-state index in [2.05, 4.69) is 23.5 Å². The molecular weight excluding hydrogens is 210 g/mol. The largest absolute Gasteiger partial charge is 0.339 e. The Kier molecular flexibility index (Phi) is 6.05. The predicted molar refractivity (Wildman–Crippen MR) is 65.3 cm³/mol. The van der Waals surface area contributed by atoms with Gasteiger partial charge in [0.1, 0.15) is 0 Å². The highest BCUT2D eigenvalue weighted by Gasteiger charge is 2.17. The van der Waals surface area contributed by atoms with Gasteiger partial charge in [-0.05, 0) is 13.3 Å². The molecule has 5 heteroatoms. The Labute approximate surface area is 96.4 Å². The molecule has 0 aliphatic carbocycles. The Bertz CT molecular complexity index is 193. The fraction of sp³-hybridized carbons (Fsp3) is 0.900. The molecule has 0 aromatic carbocycles. The van der Waals surface area contributed by atoms with Gasteiger partial charge in [0.05, 0.1) is 6.54 Å². The lowest BCUT2D eigenvalue weighted by Crippen LogP contribution is -2.49. The van der Waals surface area contributed by atoms with E-state index in [4.69, 9.17) is 0 Å². The first kappa shape index (κ1) is 12.8. The van der Waals surface area contributed by atoms with Gasteiger partial charge in [0.15, 0.2) is 0 Å². The quantitative estimate of drug-likeness (QED) is 0.660. The first-order valence-electron chi connectivity index (χ1n) is 5.40. The Morgan fingerprint density at radius 3 is 2.60 bits per heavy atom. The molecule has 4 nitrogen and oxygen atoms in total. The zero-order valence-corrected chi connectivity index (χ0v) is 10.5. The zero-order chi connectivity index (χ0) is 11.1. The normalized spacial score (nSPS) is 18.1. The Morgan fingerprint density at radius 2 is 2.00 bits per heavy atom. The summed E-state index contributed by atoms with van der Waals surface area (Å²) in [6.07, 6.45) is 2.07. The van der Waals surface area contributed by atoms with Gasteiger partial charge in [-0.3, -0.25) is 4.79 Å². The Balaban J connectivity index is 2.11. The molecule has 0 spiro atoms. The van der Waals surface area contributed by atoms with E-state index < -0.39 is 0 Å². The molecule has 1 rings (SSSR count). The number of carbonyl (C=O) groups excluding carboxylic acids is 1. The van der Waals surface area contributed by atoms with Crippen molar-refractivity contribution in [3.8, 4) is 0 Å². The highest BCUT2D eigenvalue weighted by Crippen LogP contribution is 1.98. The van der Waals surface area contributed by atoms with Gasteiger partial charge in [0.25, 0.3) is 0 Å². The lowest BCUT2D eigenvalue weighted by atomic mass is 10.3. The summed E-state index contributed by atoms with van der Waals surface area (Å²) in [6.45, 7) is 5.15. The zero-order valence-electron chi connectivity index (χ0n) is 9.66. The van der Waals surface area contributed by atoms with Crippen LogP contribution < -0.4 is 5.32 Å². The first-order valence-corrected chi connectivity index (χ1v) is 6.79. The summed E-state index contributed by atoms with van der Waals surface area (Å²) in [5.74, 6) is 1.31. The number of amides is 1. The van der Waals surface area contributed by atoms with Crippen LogP contribution in [0.5, 0.6) is 0 Å². The van der Waals surface area contributed by atoms with E-state index in [0.29, 0.717) is 6.54 Å². The van der Waals surface area contributed by atoms with Crippen molar-refractivity contribution in [2.45, 2.75) is 0 Å². The number of likely N-dealkylation sites (N-methyl/N-ethyl adjacent to an activating group) is 1. The summed E-state index contributed by atoms with van der Waals surface area (Å²) in [4.78, 5) is 15.9. The molecule has 0 aromatic heterocycles. The Morgan fingerprint density at radius 1 is 1.33 bits per heavy atom. The molecule has 0 atom stereocenters. The molecular formula is C10H21N3OS. The van der Waals surface area contributed by atoms with Crippen molar-refractivity contribution < 1.29 is 4.79 Å². The first-order chi connectivity index (χ1) is 7.24. The van der Waals surface area contributed by atoms with E-state index in [1.54, 1.807) is 11.8 Å². The SMILES string of the molecule is CSCCNCC(=O)N1CCN(C)CC1. The van der Waals surface area contributed by atoms with Gasteiger partial charge in [-0.25, -0.2) is 0 Å². The summed E-state index contributed by atoms with van der Waals surface area (Å²) in [6, 6.07) is 0. The second-order valence-corrected chi connectivity index (χ2v) is 4.84. The molecule has 0 radical (unpaired) electrons. The van der Waals surface area contributed by atoms with Gasteiger partial charge >= 0.3 is 0 Å². The maximum atomic E-state index is 11.7. The van der Waals surface area contributed by atoms with Gasteiger partial charge in [0.2, 0.25) is 5.91 Å². The molecule has 0 saturated carbocycles. The van der Waals surface area contributed by atoms with E-state index in [-0.39, 0.29) is 5.91 Å². The van der Waals surface area contributed by atoms with Gasteiger partial charge in [0, 0.05) is 38.5 Å². The number of thioether (sulfide) groups is 1. The van der Waals surface area contributed by atoms with E-state index in [1.807, 2.05) is 4.90 Å². The number of hydrogen-bond donors (Lipinski definition) is 1. The van der Waals surface area contributed by atoms with Crippen LogP contribution in [-0.4, -0.2) is 74.0 Å². The number of hydrogen-bond acceptors (Lipinski definition) is 4. The summed E-state index contributed by atoms with van der Waals surface area (Å²) >= 11 is 1.80. The van der Waals surface area contributed by atoms with Crippen LogP contribution in [0.15, 0.2) is 0 Å². The second kappa shape index (κ2) is 7.09. The third-order valence-electron chi connectivity index (χ3n) is 2.62. The molecule has 1 aliphatic rings. The monoisotopic (exact) mass is 231 g/mol. The number of piperazine rings is 1. The van der Waals surface area contributed by atoms with Crippen LogP contribution in [-0.2, 0) is 4.79 Å². The van der Waals surface area contributed by atoms with Crippen molar-refractivity contribution in [3.63, 3.8) is 0 Å². The molecule has 1 N–H and O–H groups in total. The minimum atomic E-state index is 0.240. The van der Waals surface area contributed by atoms with Crippen LogP contribution in [0.2, 0.25) is 0 Å². The van der Waals surface area contributed by atoms with Crippen molar-refractivity contribution in [2.75, 3.05) is 58.3 Å². The highest BCUT2D eigenvalue weighted by atomic mass is 32.2. The smallest absolute Gasteiger partial charge is 0.236 e. The molecule has 1 amide bonds. The molecule has 1 saturated heterocycles. The predicted octanol–water partition coefficient (Wildman–Crippen LogP) is -0.287. The average Bonchev–Trinajstić information content (AvgIpc) is 2.25. The van der Waals surface area contributed by atoms with Crippen molar-refractivity contribution in [3.05, 3.63) is 0 Å². The summed E-state index contributed by atoms with van der Waals surface area (Å²) in [5, 5.41) is 3.17. The fourth-order valence-corrected chi connectivity index (χ4v) is 1.89. The molecule has 15 heavy (non-hydrogen) atoms. The van der Waals surface area contributed by atoms with E-state index in [9.17, 15) is 4.79 Å². The minimum Gasteiger partial charge on any atom is -0.339 e. The molecule has 1 aliphatic heterocycles. The topological polar surface area (TPSA) is 35.6 Å².